The molecule has 6 heteroatoms. The molecule has 2 aromatic rings. The van der Waals surface area contributed by atoms with Crippen LogP contribution >= 0.6 is 12.2 Å². The van der Waals surface area contributed by atoms with Gasteiger partial charge < -0.3 is 5.32 Å². The van der Waals surface area contributed by atoms with Gasteiger partial charge in [-0.1, -0.05) is 48.5 Å². The first-order valence-electron chi connectivity index (χ1n) is 5.96. The number of para-hydroxylation sites is 1. The molecule has 0 unspecified atom stereocenters. The second kappa shape index (κ2) is 6.49. The molecule has 2 N–H and O–H groups in total. The maximum atomic E-state index is 12.0. The highest BCUT2D eigenvalue weighted by Crippen LogP contribution is 2.07. The van der Waals surface area contributed by atoms with Gasteiger partial charge in [-0.3, -0.25) is 4.72 Å². The molecule has 104 valence electrons. The van der Waals surface area contributed by atoms with Crippen molar-refractivity contribution in [2.24, 2.45) is 0 Å². The van der Waals surface area contributed by atoms with E-state index in [1.165, 1.54) is 0 Å². The molecule has 0 spiro atoms. The molecule has 0 bridgehead atoms. The first kappa shape index (κ1) is 14.5. The van der Waals surface area contributed by atoms with E-state index in [1.54, 1.807) is 36.4 Å². The molecule has 20 heavy (non-hydrogen) atoms. The molecule has 0 amide bonds. The van der Waals surface area contributed by atoms with E-state index in [4.69, 9.17) is 12.2 Å². The van der Waals surface area contributed by atoms with E-state index in [9.17, 15) is 8.42 Å². The van der Waals surface area contributed by atoms with Gasteiger partial charge in [0.05, 0.1) is 5.75 Å². The van der Waals surface area contributed by atoms with Gasteiger partial charge in [-0.25, -0.2) is 8.42 Å². The van der Waals surface area contributed by atoms with Crippen LogP contribution < -0.4 is 10.0 Å². The summed E-state index contributed by atoms with van der Waals surface area (Å²) in [7, 11) is -3.51. The van der Waals surface area contributed by atoms with Crippen LogP contribution in [0.25, 0.3) is 0 Å². The van der Waals surface area contributed by atoms with Crippen LogP contribution in [0.1, 0.15) is 5.56 Å². The fourth-order valence-corrected chi connectivity index (χ4v) is 3.18. The average molecular weight is 306 g/mol. The molecule has 4 nitrogen and oxygen atoms in total. The summed E-state index contributed by atoms with van der Waals surface area (Å²) >= 11 is 5.00. The van der Waals surface area contributed by atoms with Crippen molar-refractivity contribution in [2.75, 3.05) is 5.32 Å². The predicted octanol–water partition coefficient (Wildman–Crippen LogP) is 2.50. The Hall–Kier alpha value is -1.92. The summed E-state index contributed by atoms with van der Waals surface area (Å²) in [4.78, 5) is 0. The monoisotopic (exact) mass is 306 g/mol. The minimum absolute atomic E-state index is 0.0622. The normalized spacial score (nSPS) is 10.8. The van der Waals surface area contributed by atoms with Gasteiger partial charge in [-0.15, -0.1) is 0 Å². The number of rotatable bonds is 4. The van der Waals surface area contributed by atoms with Crippen molar-refractivity contribution in [1.82, 2.24) is 4.72 Å². The zero-order chi connectivity index (χ0) is 14.4. The number of anilines is 1. The molecule has 0 aliphatic rings. The van der Waals surface area contributed by atoms with Gasteiger partial charge in [0.1, 0.15) is 0 Å². The lowest BCUT2D eigenvalue weighted by molar-refractivity contribution is 0.592. The molecule has 0 fully saturated rings. The van der Waals surface area contributed by atoms with Crippen molar-refractivity contribution < 1.29 is 8.42 Å². The van der Waals surface area contributed by atoms with Gasteiger partial charge in [0.25, 0.3) is 0 Å². The molecule has 2 aromatic carbocycles. The number of hydrogen-bond acceptors (Lipinski definition) is 3. The molecule has 0 heterocycles. The summed E-state index contributed by atoms with van der Waals surface area (Å²) in [5, 5.41) is 2.89. The Labute approximate surface area is 123 Å². The summed E-state index contributed by atoms with van der Waals surface area (Å²) < 4.78 is 26.3. The number of benzene rings is 2. The van der Waals surface area contributed by atoms with Gasteiger partial charge in [0, 0.05) is 5.69 Å². The van der Waals surface area contributed by atoms with E-state index in [1.807, 2.05) is 24.3 Å². The smallest absolute Gasteiger partial charge is 0.238 e. The molecular formula is C14H14N2O2S2. The molecule has 0 radical (unpaired) electrons. The maximum Gasteiger partial charge on any atom is 0.238 e. The van der Waals surface area contributed by atoms with Gasteiger partial charge in [-0.2, -0.15) is 0 Å². The Morgan fingerprint density at radius 2 is 1.50 bits per heavy atom. The van der Waals surface area contributed by atoms with Crippen molar-refractivity contribution in [3.63, 3.8) is 0 Å². The Kier molecular flexibility index (Phi) is 4.70. The van der Waals surface area contributed by atoms with Crippen LogP contribution in [-0.4, -0.2) is 13.5 Å². The lowest BCUT2D eigenvalue weighted by atomic mass is 10.2. The Balaban J connectivity index is 1.96. The highest BCUT2D eigenvalue weighted by Gasteiger charge is 2.13. The summed E-state index contributed by atoms with van der Waals surface area (Å²) in [6, 6.07) is 18.1. The minimum Gasteiger partial charge on any atom is -0.332 e. The van der Waals surface area contributed by atoms with E-state index in [2.05, 4.69) is 10.0 Å². The summed E-state index contributed by atoms with van der Waals surface area (Å²) in [6.07, 6.45) is 0. The topological polar surface area (TPSA) is 58.2 Å². The molecule has 0 saturated heterocycles. The molecule has 0 saturated carbocycles. The minimum atomic E-state index is -3.51. The Morgan fingerprint density at radius 1 is 0.950 bits per heavy atom. The first-order valence-corrected chi connectivity index (χ1v) is 8.02. The average Bonchev–Trinajstić information content (AvgIpc) is 2.39. The Bertz CT molecular complexity index is 671. The third-order valence-corrected chi connectivity index (χ3v) is 4.04. The van der Waals surface area contributed by atoms with E-state index in [-0.39, 0.29) is 10.9 Å². The second-order valence-corrected chi connectivity index (χ2v) is 6.30. The number of thiocarbonyl (C=S) groups is 1. The molecule has 0 atom stereocenters. The van der Waals surface area contributed by atoms with Gasteiger partial charge >= 0.3 is 0 Å². The van der Waals surface area contributed by atoms with Crippen molar-refractivity contribution in [1.29, 1.82) is 0 Å². The lowest BCUT2D eigenvalue weighted by Crippen LogP contribution is -2.34. The van der Waals surface area contributed by atoms with Gasteiger partial charge in [0.2, 0.25) is 10.0 Å². The second-order valence-electron chi connectivity index (χ2n) is 4.17. The van der Waals surface area contributed by atoms with Crippen molar-refractivity contribution in [2.45, 2.75) is 5.75 Å². The van der Waals surface area contributed by atoms with Crippen molar-refractivity contribution in [3.8, 4) is 0 Å². The quantitative estimate of drug-likeness (QED) is 0.852. The summed E-state index contributed by atoms with van der Waals surface area (Å²) in [6.45, 7) is 0. The van der Waals surface area contributed by atoms with Crippen LogP contribution in [0.15, 0.2) is 60.7 Å². The number of nitrogens with one attached hydrogen (secondary N) is 2. The van der Waals surface area contributed by atoms with Crippen LogP contribution in [0.4, 0.5) is 5.69 Å². The van der Waals surface area contributed by atoms with Crippen LogP contribution in [0, 0.1) is 0 Å². The van der Waals surface area contributed by atoms with Crippen molar-refractivity contribution in [3.05, 3.63) is 66.2 Å². The SMILES string of the molecule is O=S(=O)(Cc1ccccc1)NC(=S)Nc1ccccc1. The summed E-state index contributed by atoms with van der Waals surface area (Å²) in [5.74, 6) is -0.107. The van der Waals surface area contributed by atoms with Crippen LogP contribution in [0.5, 0.6) is 0 Å². The zero-order valence-corrected chi connectivity index (χ0v) is 12.2. The molecule has 0 aliphatic heterocycles. The predicted molar refractivity (Wildman–Crippen MR) is 84.9 cm³/mol. The fraction of sp³-hybridized carbons (Fsp3) is 0.0714. The first-order chi connectivity index (χ1) is 9.55. The third kappa shape index (κ3) is 4.64. The van der Waals surface area contributed by atoms with Gasteiger partial charge in [-0.05, 0) is 29.9 Å². The Morgan fingerprint density at radius 3 is 2.10 bits per heavy atom. The highest BCUT2D eigenvalue weighted by molar-refractivity contribution is 7.91. The summed E-state index contributed by atoms with van der Waals surface area (Å²) in [5.41, 5.74) is 1.45. The maximum absolute atomic E-state index is 12.0. The molecule has 0 aliphatic carbocycles. The zero-order valence-electron chi connectivity index (χ0n) is 10.6. The van der Waals surface area contributed by atoms with Crippen LogP contribution in [-0.2, 0) is 15.8 Å². The molecule has 2 rings (SSSR count). The number of hydrogen-bond donors (Lipinski definition) is 2. The highest BCUT2D eigenvalue weighted by atomic mass is 32.2. The van der Waals surface area contributed by atoms with Crippen molar-refractivity contribution >= 4 is 33.0 Å². The lowest BCUT2D eigenvalue weighted by Gasteiger charge is -2.11. The number of sulfonamides is 1. The van der Waals surface area contributed by atoms with Crippen LogP contribution in [0.2, 0.25) is 0 Å². The van der Waals surface area contributed by atoms with E-state index in [0.717, 1.165) is 5.69 Å². The fourth-order valence-electron chi connectivity index (χ4n) is 1.65. The van der Waals surface area contributed by atoms with E-state index < -0.39 is 10.0 Å². The largest absolute Gasteiger partial charge is 0.332 e. The standard InChI is InChI=1S/C14H14N2O2S2/c17-20(18,11-12-7-3-1-4-8-12)16-14(19)15-13-9-5-2-6-10-13/h1-10H,11H2,(H2,15,16,19). The van der Waals surface area contributed by atoms with E-state index >= 15 is 0 Å². The molecular weight excluding hydrogens is 292 g/mol. The molecule has 0 aromatic heterocycles. The third-order valence-electron chi connectivity index (χ3n) is 2.48. The van der Waals surface area contributed by atoms with Gasteiger partial charge in [0.15, 0.2) is 5.11 Å². The van der Waals surface area contributed by atoms with Crippen LogP contribution in [0.3, 0.4) is 0 Å². The van der Waals surface area contributed by atoms with E-state index in [0.29, 0.717) is 5.56 Å².